The molecule has 0 spiro atoms. The number of nitrogens with one attached hydrogen (secondary N) is 1. The highest BCUT2D eigenvalue weighted by Gasteiger charge is 2.19. The highest BCUT2D eigenvalue weighted by molar-refractivity contribution is 8.00. The third kappa shape index (κ3) is 4.38. The quantitative estimate of drug-likeness (QED) is 0.450. The van der Waals surface area contributed by atoms with Gasteiger partial charge in [0, 0.05) is 24.8 Å². The molecule has 1 aliphatic rings. The number of benzene rings is 1. The number of anilines is 2. The van der Waals surface area contributed by atoms with E-state index in [4.69, 9.17) is 9.47 Å². The number of nitrogens with zero attached hydrogens (tertiary/aromatic N) is 4. The van der Waals surface area contributed by atoms with Crippen LogP contribution in [0.3, 0.4) is 0 Å². The molecule has 1 aliphatic heterocycles. The Labute approximate surface area is 176 Å². The van der Waals surface area contributed by atoms with Gasteiger partial charge in [-0.3, -0.25) is 4.79 Å². The van der Waals surface area contributed by atoms with E-state index in [0.717, 1.165) is 27.9 Å². The topological polar surface area (TPSA) is 89.5 Å². The molecular weight excluding hydrogens is 410 g/mol. The molecule has 1 amide bonds. The summed E-state index contributed by atoms with van der Waals surface area (Å²) in [5.41, 5.74) is 1.34. The number of thiazole rings is 1. The van der Waals surface area contributed by atoms with Gasteiger partial charge >= 0.3 is 0 Å². The maximum atomic E-state index is 12.4. The number of aromatic nitrogens is 3. The predicted molar refractivity (Wildman–Crippen MR) is 116 cm³/mol. The maximum Gasteiger partial charge on any atom is 0.234 e. The number of fused-ring (bicyclic) bond motifs is 1. The van der Waals surface area contributed by atoms with Crippen molar-refractivity contribution in [1.29, 1.82) is 0 Å². The highest BCUT2D eigenvalue weighted by atomic mass is 32.2. The van der Waals surface area contributed by atoms with Crippen molar-refractivity contribution < 1.29 is 14.3 Å². The van der Waals surface area contributed by atoms with E-state index in [0.29, 0.717) is 22.8 Å². The van der Waals surface area contributed by atoms with E-state index in [9.17, 15) is 4.79 Å². The number of ether oxygens (including phenoxy) is 2. The Bertz CT molecular complexity index is 1020. The van der Waals surface area contributed by atoms with Gasteiger partial charge in [-0.25, -0.2) is 9.97 Å². The molecule has 3 heterocycles. The molecule has 1 aromatic carbocycles. The summed E-state index contributed by atoms with van der Waals surface area (Å²) < 4.78 is 11.4. The van der Waals surface area contributed by atoms with Gasteiger partial charge in [0.2, 0.25) is 5.91 Å². The first-order valence-electron chi connectivity index (χ1n) is 9.19. The molecule has 0 atom stereocenters. The third-order valence-electron chi connectivity index (χ3n) is 4.53. The van der Waals surface area contributed by atoms with E-state index in [1.54, 1.807) is 43.8 Å². The van der Waals surface area contributed by atoms with Crippen LogP contribution in [0.15, 0.2) is 29.6 Å². The van der Waals surface area contributed by atoms with Crippen molar-refractivity contribution in [2.24, 2.45) is 0 Å². The van der Waals surface area contributed by atoms with Crippen LogP contribution in [0.2, 0.25) is 0 Å². The van der Waals surface area contributed by atoms with Gasteiger partial charge in [0.15, 0.2) is 22.3 Å². The second-order valence-electron chi connectivity index (χ2n) is 6.43. The van der Waals surface area contributed by atoms with E-state index in [2.05, 4.69) is 25.2 Å². The van der Waals surface area contributed by atoms with E-state index in [1.165, 1.54) is 30.9 Å². The molecule has 29 heavy (non-hydrogen) atoms. The first-order chi connectivity index (χ1) is 14.2. The third-order valence-corrected chi connectivity index (χ3v) is 6.76. The standard InChI is InChI=1S/C19H21N5O3S2/c1-26-13-6-5-12(9-14(13)27-2)22-15(25)10-28-18-16-17(20-11-21-18)23-19(29-16)24-7-3-4-8-24/h5-6,9,11H,3-4,7-8,10H2,1-2H3,(H,22,25). The fourth-order valence-corrected chi connectivity index (χ4v) is 5.06. The lowest BCUT2D eigenvalue weighted by Gasteiger charge is -2.11. The molecule has 2 aromatic heterocycles. The Kier molecular flexibility index (Phi) is 6.00. The minimum Gasteiger partial charge on any atom is -0.493 e. The summed E-state index contributed by atoms with van der Waals surface area (Å²) in [5.74, 6) is 1.28. The van der Waals surface area contributed by atoms with Gasteiger partial charge in [0.25, 0.3) is 0 Å². The normalized spacial score (nSPS) is 13.7. The summed E-state index contributed by atoms with van der Waals surface area (Å²) in [6, 6.07) is 5.26. The molecule has 0 radical (unpaired) electrons. The Morgan fingerprint density at radius 1 is 1.21 bits per heavy atom. The fourth-order valence-electron chi connectivity index (χ4n) is 3.11. The molecule has 0 aliphatic carbocycles. The van der Waals surface area contributed by atoms with Gasteiger partial charge in [-0.2, -0.15) is 4.98 Å². The zero-order chi connectivity index (χ0) is 20.2. The Morgan fingerprint density at radius 3 is 2.76 bits per heavy atom. The number of carbonyl (C=O) groups excluding carboxylic acids is 1. The van der Waals surface area contributed by atoms with E-state index < -0.39 is 0 Å². The number of amides is 1. The average Bonchev–Trinajstić information content (AvgIpc) is 3.41. The van der Waals surface area contributed by atoms with Crippen LogP contribution < -0.4 is 19.7 Å². The average molecular weight is 432 g/mol. The van der Waals surface area contributed by atoms with Gasteiger partial charge in [0.1, 0.15) is 16.1 Å². The highest BCUT2D eigenvalue weighted by Crippen LogP contribution is 2.35. The molecule has 1 saturated heterocycles. The lowest BCUT2D eigenvalue weighted by Crippen LogP contribution is -2.16. The summed E-state index contributed by atoms with van der Waals surface area (Å²) in [6.45, 7) is 2.06. The molecule has 10 heteroatoms. The molecule has 8 nitrogen and oxygen atoms in total. The van der Waals surface area contributed by atoms with Crippen LogP contribution in [0.4, 0.5) is 10.8 Å². The second-order valence-corrected chi connectivity index (χ2v) is 8.37. The van der Waals surface area contributed by atoms with Gasteiger partial charge in [-0.1, -0.05) is 23.1 Å². The number of hydrogen-bond acceptors (Lipinski definition) is 9. The zero-order valence-electron chi connectivity index (χ0n) is 16.2. The molecule has 4 rings (SSSR count). The number of thioether (sulfide) groups is 1. The number of hydrogen-bond donors (Lipinski definition) is 1. The molecule has 3 aromatic rings. The lowest BCUT2D eigenvalue weighted by molar-refractivity contribution is -0.113. The van der Waals surface area contributed by atoms with Crippen LogP contribution in [-0.2, 0) is 4.79 Å². The smallest absolute Gasteiger partial charge is 0.234 e. The molecular formula is C19H21N5O3S2. The van der Waals surface area contributed by atoms with Crippen molar-refractivity contribution >= 4 is 50.2 Å². The number of rotatable bonds is 7. The van der Waals surface area contributed by atoms with Crippen LogP contribution in [0.5, 0.6) is 11.5 Å². The maximum absolute atomic E-state index is 12.4. The molecule has 0 saturated carbocycles. The van der Waals surface area contributed by atoms with Crippen LogP contribution in [0, 0.1) is 0 Å². The molecule has 152 valence electrons. The minimum absolute atomic E-state index is 0.127. The van der Waals surface area contributed by atoms with Crippen molar-refractivity contribution in [3.63, 3.8) is 0 Å². The summed E-state index contributed by atoms with van der Waals surface area (Å²) in [7, 11) is 3.13. The second kappa shape index (κ2) is 8.83. The monoisotopic (exact) mass is 431 g/mol. The Morgan fingerprint density at radius 2 is 2.00 bits per heavy atom. The van der Waals surface area contributed by atoms with Gasteiger partial charge in [-0.05, 0) is 25.0 Å². The largest absolute Gasteiger partial charge is 0.493 e. The van der Waals surface area contributed by atoms with Gasteiger partial charge in [0.05, 0.1) is 20.0 Å². The van der Waals surface area contributed by atoms with Gasteiger partial charge < -0.3 is 19.7 Å². The summed E-state index contributed by atoms with van der Waals surface area (Å²) in [6.07, 6.45) is 3.89. The molecule has 0 unspecified atom stereocenters. The summed E-state index contributed by atoms with van der Waals surface area (Å²) >= 11 is 2.98. The van der Waals surface area contributed by atoms with Crippen LogP contribution in [-0.4, -0.2) is 53.9 Å². The van der Waals surface area contributed by atoms with Crippen molar-refractivity contribution in [2.45, 2.75) is 17.9 Å². The molecule has 1 N–H and O–H groups in total. The van der Waals surface area contributed by atoms with Gasteiger partial charge in [-0.15, -0.1) is 0 Å². The van der Waals surface area contributed by atoms with Crippen molar-refractivity contribution in [1.82, 2.24) is 15.0 Å². The van der Waals surface area contributed by atoms with Crippen molar-refractivity contribution in [3.05, 3.63) is 24.5 Å². The van der Waals surface area contributed by atoms with Crippen molar-refractivity contribution in [2.75, 3.05) is 43.3 Å². The Hall–Kier alpha value is -2.59. The number of methoxy groups -OCH3 is 2. The first kappa shape index (κ1) is 19.7. The number of carbonyl (C=O) groups is 1. The van der Waals surface area contributed by atoms with E-state index >= 15 is 0 Å². The van der Waals surface area contributed by atoms with E-state index in [1.807, 2.05) is 0 Å². The first-order valence-corrected chi connectivity index (χ1v) is 11.0. The van der Waals surface area contributed by atoms with Crippen LogP contribution in [0.1, 0.15) is 12.8 Å². The minimum atomic E-state index is -0.127. The van der Waals surface area contributed by atoms with Crippen molar-refractivity contribution in [3.8, 4) is 11.5 Å². The SMILES string of the molecule is COc1ccc(NC(=O)CSc2ncnc3nc(N4CCCC4)sc23)cc1OC. The molecule has 0 bridgehead atoms. The summed E-state index contributed by atoms with van der Waals surface area (Å²) in [4.78, 5) is 28.0. The Balaban J connectivity index is 1.43. The van der Waals surface area contributed by atoms with Crippen LogP contribution >= 0.6 is 23.1 Å². The molecule has 1 fully saturated rings. The predicted octanol–water partition coefficient (Wildman–Crippen LogP) is 3.43. The summed E-state index contributed by atoms with van der Waals surface area (Å²) in [5, 5.41) is 4.64. The fraction of sp³-hybridized carbons (Fsp3) is 0.368. The van der Waals surface area contributed by atoms with Crippen LogP contribution in [0.25, 0.3) is 10.3 Å². The zero-order valence-corrected chi connectivity index (χ0v) is 17.8. The van der Waals surface area contributed by atoms with E-state index in [-0.39, 0.29) is 11.7 Å². The lowest BCUT2D eigenvalue weighted by atomic mass is 10.2.